The molecule has 0 aliphatic heterocycles. The number of rotatable bonds is 4. The van der Waals surface area contributed by atoms with Crippen LogP contribution >= 0.6 is 15.9 Å². The Kier molecular flexibility index (Phi) is 4.14. The Balaban J connectivity index is 2.14. The Morgan fingerprint density at radius 1 is 1.37 bits per heavy atom. The number of methoxy groups -OCH3 is 1. The van der Waals surface area contributed by atoms with Crippen LogP contribution < -0.4 is 10.1 Å². The molecule has 5 heteroatoms. The Morgan fingerprint density at radius 3 is 2.68 bits per heavy atom. The van der Waals surface area contributed by atoms with Gasteiger partial charge in [0, 0.05) is 36.6 Å². The summed E-state index contributed by atoms with van der Waals surface area (Å²) in [4.78, 5) is 0. The second-order valence-corrected chi connectivity index (χ2v) is 5.33. The number of nitrogens with zero attached hydrogens (tertiary/aromatic N) is 2. The quantitative estimate of drug-likeness (QED) is 0.937. The number of nitrogens with one attached hydrogen (secondary N) is 1. The van der Waals surface area contributed by atoms with Gasteiger partial charge in [-0.25, -0.2) is 0 Å². The minimum atomic E-state index is 0.760. The summed E-state index contributed by atoms with van der Waals surface area (Å²) in [6, 6.07) is 5.98. The molecule has 0 radical (unpaired) electrons. The average molecular weight is 324 g/mol. The van der Waals surface area contributed by atoms with Crippen molar-refractivity contribution in [2.75, 3.05) is 12.4 Å². The number of aromatic nitrogens is 2. The summed E-state index contributed by atoms with van der Waals surface area (Å²) in [5, 5.41) is 7.82. The van der Waals surface area contributed by atoms with Crippen molar-refractivity contribution in [2.45, 2.75) is 20.4 Å². The molecule has 1 aromatic heterocycles. The van der Waals surface area contributed by atoms with E-state index in [1.165, 1.54) is 11.3 Å². The van der Waals surface area contributed by atoms with E-state index in [1.54, 1.807) is 7.11 Å². The van der Waals surface area contributed by atoms with Crippen LogP contribution in [0.15, 0.2) is 22.7 Å². The molecule has 0 amide bonds. The summed E-state index contributed by atoms with van der Waals surface area (Å²) >= 11 is 3.45. The van der Waals surface area contributed by atoms with Crippen LogP contribution in [0.3, 0.4) is 0 Å². The van der Waals surface area contributed by atoms with Gasteiger partial charge in [0.15, 0.2) is 0 Å². The van der Waals surface area contributed by atoms with Crippen LogP contribution in [0.1, 0.15) is 17.0 Å². The maximum atomic E-state index is 5.29. The van der Waals surface area contributed by atoms with Gasteiger partial charge in [0.1, 0.15) is 5.75 Å². The van der Waals surface area contributed by atoms with Gasteiger partial charge < -0.3 is 10.1 Å². The zero-order valence-electron chi connectivity index (χ0n) is 11.6. The summed E-state index contributed by atoms with van der Waals surface area (Å²) in [5.74, 6) is 0.824. The second kappa shape index (κ2) is 5.65. The second-order valence-electron chi connectivity index (χ2n) is 4.48. The smallest absolute Gasteiger partial charge is 0.135 e. The first kappa shape index (κ1) is 13.9. The Morgan fingerprint density at radius 2 is 2.11 bits per heavy atom. The zero-order valence-corrected chi connectivity index (χ0v) is 13.2. The van der Waals surface area contributed by atoms with Gasteiger partial charge in [-0.15, -0.1) is 0 Å². The van der Waals surface area contributed by atoms with Crippen molar-refractivity contribution < 1.29 is 4.74 Å². The van der Waals surface area contributed by atoms with E-state index in [1.807, 2.05) is 36.9 Å². The molecule has 0 bridgehead atoms. The first-order valence-corrected chi connectivity index (χ1v) is 6.88. The largest absolute Gasteiger partial charge is 0.495 e. The molecular formula is C14H18BrN3O. The van der Waals surface area contributed by atoms with Gasteiger partial charge in [0.25, 0.3) is 0 Å². The standard InChI is InChI=1S/C14H18BrN3O/c1-9-12(10(2)18(3)17-9)8-16-11-5-6-13(15)14(7-11)19-4/h5-7,16H,8H2,1-4H3. The van der Waals surface area contributed by atoms with Crippen LogP contribution in [0.5, 0.6) is 5.75 Å². The van der Waals surface area contributed by atoms with Crippen LogP contribution in [0.4, 0.5) is 5.69 Å². The van der Waals surface area contributed by atoms with E-state index < -0.39 is 0 Å². The minimum Gasteiger partial charge on any atom is -0.495 e. The van der Waals surface area contributed by atoms with Crippen LogP contribution in [0, 0.1) is 13.8 Å². The molecule has 0 saturated carbocycles. The van der Waals surface area contributed by atoms with Gasteiger partial charge in [0.05, 0.1) is 17.3 Å². The van der Waals surface area contributed by atoms with Gasteiger partial charge >= 0.3 is 0 Å². The highest BCUT2D eigenvalue weighted by Gasteiger charge is 2.09. The van der Waals surface area contributed by atoms with Crippen LogP contribution in [0.25, 0.3) is 0 Å². The van der Waals surface area contributed by atoms with Crippen LogP contribution in [0.2, 0.25) is 0 Å². The van der Waals surface area contributed by atoms with E-state index in [-0.39, 0.29) is 0 Å². The predicted octanol–water partition coefficient (Wildman–Crippen LogP) is 3.42. The van der Waals surface area contributed by atoms with E-state index in [0.717, 1.165) is 28.1 Å². The molecule has 0 aliphatic carbocycles. The summed E-state index contributed by atoms with van der Waals surface area (Å²) in [6.07, 6.45) is 0. The van der Waals surface area contributed by atoms with Gasteiger partial charge in [0.2, 0.25) is 0 Å². The Bertz CT molecular complexity index is 593. The molecule has 4 nitrogen and oxygen atoms in total. The SMILES string of the molecule is COc1cc(NCc2c(C)nn(C)c2C)ccc1Br. The maximum absolute atomic E-state index is 5.29. The Hall–Kier alpha value is -1.49. The number of halogens is 1. The molecule has 0 fully saturated rings. The number of aryl methyl sites for hydroxylation is 2. The Labute approximate surface area is 121 Å². The van der Waals surface area contributed by atoms with Gasteiger partial charge in [-0.05, 0) is 41.9 Å². The zero-order chi connectivity index (χ0) is 14.0. The van der Waals surface area contributed by atoms with Crippen LogP contribution in [-0.4, -0.2) is 16.9 Å². The predicted molar refractivity (Wildman–Crippen MR) is 80.7 cm³/mol. The maximum Gasteiger partial charge on any atom is 0.135 e. The van der Waals surface area contributed by atoms with Crippen molar-refractivity contribution in [3.63, 3.8) is 0 Å². The molecule has 2 aromatic rings. The molecule has 0 atom stereocenters. The lowest BCUT2D eigenvalue weighted by atomic mass is 10.2. The fraction of sp³-hybridized carbons (Fsp3) is 0.357. The fourth-order valence-electron chi connectivity index (χ4n) is 2.03. The number of anilines is 1. The molecule has 19 heavy (non-hydrogen) atoms. The van der Waals surface area contributed by atoms with Crippen molar-refractivity contribution in [1.29, 1.82) is 0 Å². The van der Waals surface area contributed by atoms with Crippen LogP contribution in [-0.2, 0) is 13.6 Å². The van der Waals surface area contributed by atoms with E-state index in [2.05, 4.69) is 33.3 Å². The van der Waals surface area contributed by atoms with E-state index in [4.69, 9.17) is 4.74 Å². The summed E-state index contributed by atoms with van der Waals surface area (Å²) in [7, 11) is 3.63. The average Bonchev–Trinajstić information content (AvgIpc) is 2.63. The van der Waals surface area contributed by atoms with Gasteiger partial charge in [-0.1, -0.05) is 0 Å². The summed E-state index contributed by atoms with van der Waals surface area (Å²) < 4.78 is 8.15. The number of hydrogen-bond donors (Lipinski definition) is 1. The molecule has 1 heterocycles. The van der Waals surface area contributed by atoms with E-state index in [0.29, 0.717) is 0 Å². The molecule has 2 rings (SSSR count). The lowest BCUT2D eigenvalue weighted by molar-refractivity contribution is 0.412. The van der Waals surface area contributed by atoms with E-state index in [9.17, 15) is 0 Å². The number of benzene rings is 1. The molecular weight excluding hydrogens is 306 g/mol. The van der Waals surface area contributed by atoms with Crippen molar-refractivity contribution in [3.8, 4) is 5.75 Å². The summed E-state index contributed by atoms with van der Waals surface area (Å²) in [5.41, 5.74) is 4.53. The monoisotopic (exact) mass is 323 g/mol. The molecule has 1 N–H and O–H groups in total. The number of ether oxygens (including phenoxy) is 1. The number of hydrogen-bond acceptors (Lipinski definition) is 3. The molecule has 1 aromatic carbocycles. The molecule has 0 unspecified atom stereocenters. The highest BCUT2D eigenvalue weighted by atomic mass is 79.9. The third kappa shape index (κ3) is 2.92. The highest BCUT2D eigenvalue weighted by Crippen LogP contribution is 2.28. The van der Waals surface area contributed by atoms with Crippen molar-refractivity contribution >= 4 is 21.6 Å². The molecule has 0 saturated heterocycles. The highest BCUT2D eigenvalue weighted by molar-refractivity contribution is 9.10. The molecule has 102 valence electrons. The normalized spacial score (nSPS) is 10.6. The third-order valence-electron chi connectivity index (χ3n) is 3.28. The fourth-order valence-corrected chi connectivity index (χ4v) is 2.44. The summed E-state index contributed by atoms with van der Waals surface area (Å²) in [6.45, 7) is 4.88. The third-order valence-corrected chi connectivity index (χ3v) is 3.93. The first-order valence-electron chi connectivity index (χ1n) is 6.09. The molecule has 0 spiro atoms. The van der Waals surface area contributed by atoms with Crippen molar-refractivity contribution in [2.24, 2.45) is 7.05 Å². The van der Waals surface area contributed by atoms with Crippen molar-refractivity contribution in [3.05, 3.63) is 39.6 Å². The topological polar surface area (TPSA) is 39.1 Å². The minimum absolute atomic E-state index is 0.760. The molecule has 0 aliphatic rings. The lowest BCUT2D eigenvalue weighted by Crippen LogP contribution is -2.02. The first-order chi connectivity index (χ1) is 9.02. The van der Waals surface area contributed by atoms with E-state index >= 15 is 0 Å². The van der Waals surface area contributed by atoms with Gasteiger partial charge in [-0.2, -0.15) is 5.10 Å². The lowest BCUT2D eigenvalue weighted by Gasteiger charge is -2.10. The van der Waals surface area contributed by atoms with Crippen molar-refractivity contribution in [1.82, 2.24) is 9.78 Å². The van der Waals surface area contributed by atoms with Gasteiger partial charge in [-0.3, -0.25) is 4.68 Å².